The normalized spacial score (nSPS) is 18.2. The number of halogens is 2. The van der Waals surface area contributed by atoms with Crippen LogP contribution in [0.3, 0.4) is 0 Å². The molecule has 1 aromatic rings. The fraction of sp³-hybridized carbons (Fsp3) is 0.417. The Morgan fingerprint density at radius 3 is 2.65 bits per heavy atom. The molecular formula is C12H13ClFNO2. The second kappa shape index (κ2) is 5.02. The second-order valence-electron chi connectivity index (χ2n) is 4.13. The molecule has 1 aliphatic rings. The number of carboxylic acids is 1. The predicted molar refractivity (Wildman–Crippen MR) is 62.6 cm³/mol. The van der Waals surface area contributed by atoms with E-state index in [1.165, 1.54) is 12.1 Å². The zero-order valence-corrected chi connectivity index (χ0v) is 9.95. The summed E-state index contributed by atoms with van der Waals surface area (Å²) in [5, 5.41) is 9.22. The highest BCUT2D eigenvalue weighted by atomic mass is 35.5. The van der Waals surface area contributed by atoms with Gasteiger partial charge in [-0.2, -0.15) is 0 Å². The summed E-state index contributed by atoms with van der Waals surface area (Å²) in [4.78, 5) is 13.1. The molecule has 0 bridgehead atoms. The summed E-state index contributed by atoms with van der Waals surface area (Å²) in [5.74, 6) is -1.67. The third kappa shape index (κ3) is 2.42. The van der Waals surface area contributed by atoms with Gasteiger partial charge in [0.05, 0.1) is 5.02 Å². The zero-order valence-electron chi connectivity index (χ0n) is 9.20. The molecule has 92 valence electrons. The second-order valence-corrected chi connectivity index (χ2v) is 4.53. The first-order chi connectivity index (χ1) is 8.11. The van der Waals surface area contributed by atoms with Crippen molar-refractivity contribution >= 4 is 17.6 Å². The lowest BCUT2D eigenvalue weighted by Crippen LogP contribution is -2.32. The number of carbonyl (C=O) groups is 1. The summed E-state index contributed by atoms with van der Waals surface area (Å²) in [5.41, 5.74) is 0.145. The van der Waals surface area contributed by atoms with Crippen molar-refractivity contribution in [1.82, 2.24) is 4.90 Å². The molecule has 1 saturated heterocycles. The molecule has 0 saturated carbocycles. The van der Waals surface area contributed by atoms with Crippen molar-refractivity contribution in [2.75, 3.05) is 13.1 Å². The molecule has 3 nitrogen and oxygen atoms in total. The van der Waals surface area contributed by atoms with E-state index >= 15 is 0 Å². The average molecular weight is 258 g/mol. The van der Waals surface area contributed by atoms with Gasteiger partial charge in [0, 0.05) is 5.56 Å². The fourth-order valence-corrected chi connectivity index (χ4v) is 2.40. The molecule has 2 rings (SSSR count). The van der Waals surface area contributed by atoms with Crippen LogP contribution in [0, 0.1) is 5.82 Å². The smallest absolute Gasteiger partial charge is 0.325 e. The number of rotatable bonds is 3. The fourth-order valence-electron chi connectivity index (χ4n) is 2.22. The summed E-state index contributed by atoms with van der Waals surface area (Å²) >= 11 is 5.68. The monoisotopic (exact) mass is 257 g/mol. The third-order valence-electron chi connectivity index (χ3n) is 3.02. The lowest BCUT2D eigenvalue weighted by molar-refractivity contribution is -0.143. The molecule has 1 atom stereocenters. The van der Waals surface area contributed by atoms with Gasteiger partial charge in [-0.15, -0.1) is 0 Å². The summed E-state index contributed by atoms with van der Waals surface area (Å²) < 4.78 is 13.8. The van der Waals surface area contributed by atoms with Gasteiger partial charge < -0.3 is 5.11 Å². The molecule has 0 aromatic heterocycles. The molecule has 1 N–H and O–H groups in total. The highest BCUT2D eigenvalue weighted by Gasteiger charge is 2.31. The minimum atomic E-state index is -1.03. The van der Waals surface area contributed by atoms with E-state index in [0.29, 0.717) is 13.1 Å². The van der Waals surface area contributed by atoms with Gasteiger partial charge in [0.15, 0.2) is 0 Å². The van der Waals surface area contributed by atoms with E-state index in [1.54, 1.807) is 11.0 Å². The maximum absolute atomic E-state index is 13.8. The molecule has 1 heterocycles. The summed E-state index contributed by atoms with van der Waals surface area (Å²) in [6.45, 7) is 1.37. The number of carboxylic acid groups (broad SMARTS) is 1. The molecule has 0 amide bonds. The van der Waals surface area contributed by atoms with Crippen molar-refractivity contribution in [1.29, 1.82) is 0 Å². The van der Waals surface area contributed by atoms with Crippen LogP contribution in [0.4, 0.5) is 4.39 Å². The highest BCUT2D eigenvalue weighted by Crippen LogP contribution is 2.30. The van der Waals surface area contributed by atoms with Crippen molar-refractivity contribution in [2.24, 2.45) is 0 Å². The van der Waals surface area contributed by atoms with E-state index in [4.69, 9.17) is 11.6 Å². The first-order valence-electron chi connectivity index (χ1n) is 5.52. The van der Waals surface area contributed by atoms with E-state index in [0.717, 1.165) is 12.8 Å². The molecule has 1 unspecified atom stereocenters. The molecule has 1 aliphatic heterocycles. The lowest BCUT2D eigenvalue weighted by atomic mass is 10.1. The third-order valence-corrected chi connectivity index (χ3v) is 3.31. The van der Waals surface area contributed by atoms with Crippen LogP contribution in [-0.4, -0.2) is 29.1 Å². The number of hydrogen-bond donors (Lipinski definition) is 1. The molecule has 1 fully saturated rings. The van der Waals surface area contributed by atoms with Gasteiger partial charge in [-0.3, -0.25) is 9.69 Å². The Bertz CT molecular complexity index is 433. The Morgan fingerprint density at radius 2 is 2.06 bits per heavy atom. The Hall–Kier alpha value is -1.13. The lowest BCUT2D eigenvalue weighted by Gasteiger charge is -2.24. The van der Waals surface area contributed by atoms with E-state index in [9.17, 15) is 14.3 Å². The first kappa shape index (κ1) is 12.3. The van der Waals surface area contributed by atoms with Crippen LogP contribution in [0.2, 0.25) is 5.02 Å². The standard InChI is InChI=1S/C12H13ClFNO2/c13-9-5-3-4-8(10(9)14)11(12(16)17)15-6-1-2-7-15/h3-5,11H,1-2,6-7H2,(H,16,17). The van der Waals surface area contributed by atoms with Crippen LogP contribution >= 0.6 is 11.6 Å². The van der Waals surface area contributed by atoms with Crippen LogP contribution in [-0.2, 0) is 4.79 Å². The minimum Gasteiger partial charge on any atom is -0.480 e. The number of likely N-dealkylation sites (tertiary alicyclic amines) is 1. The van der Waals surface area contributed by atoms with Crippen molar-refractivity contribution in [2.45, 2.75) is 18.9 Å². The van der Waals surface area contributed by atoms with Crippen LogP contribution < -0.4 is 0 Å². The highest BCUT2D eigenvalue weighted by molar-refractivity contribution is 6.30. The number of nitrogens with zero attached hydrogens (tertiary/aromatic N) is 1. The van der Waals surface area contributed by atoms with E-state index in [1.807, 2.05) is 0 Å². The van der Waals surface area contributed by atoms with Crippen LogP contribution in [0.1, 0.15) is 24.4 Å². The van der Waals surface area contributed by atoms with Crippen molar-refractivity contribution in [3.63, 3.8) is 0 Å². The van der Waals surface area contributed by atoms with Gasteiger partial charge in [-0.25, -0.2) is 4.39 Å². The van der Waals surface area contributed by atoms with Crippen LogP contribution in [0.5, 0.6) is 0 Å². The summed E-state index contributed by atoms with van der Waals surface area (Å²) in [6, 6.07) is 3.55. The van der Waals surface area contributed by atoms with Crippen molar-refractivity contribution < 1.29 is 14.3 Å². The van der Waals surface area contributed by atoms with Gasteiger partial charge in [-0.05, 0) is 32.0 Å². The SMILES string of the molecule is O=C(O)C(c1cccc(Cl)c1F)N1CCCC1. The molecule has 0 spiro atoms. The zero-order chi connectivity index (χ0) is 12.4. The largest absolute Gasteiger partial charge is 0.480 e. The van der Waals surface area contributed by atoms with E-state index in [-0.39, 0.29) is 10.6 Å². The molecular weight excluding hydrogens is 245 g/mol. The quantitative estimate of drug-likeness (QED) is 0.905. The Labute approximate surface area is 104 Å². The Balaban J connectivity index is 2.38. The Kier molecular flexibility index (Phi) is 3.64. The van der Waals surface area contributed by atoms with E-state index < -0.39 is 17.8 Å². The van der Waals surface area contributed by atoms with Crippen molar-refractivity contribution in [3.8, 4) is 0 Å². The van der Waals surface area contributed by atoms with Gasteiger partial charge in [-0.1, -0.05) is 23.7 Å². The summed E-state index contributed by atoms with van der Waals surface area (Å²) in [7, 11) is 0. The minimum absolute atomic E-state index is 0.0343. The molecule has 1 aromatic carbocycles. The molecule has 0 aliphatic carbocycles. The predicted octanol–water partition coefficient (Wildman–Crippen LogP) is 2.70. The maximum atomic E-state index is 13.8. The van der Waals surface area contributed by atoms with Crippen LogP contribution in [0.15, 0.2) is 18.2 Å². The number of benzene rings is 1. The number of hydrogen-bond acceptors (Lipinski definition) is 2. The Morgan fingerprint density at radius 1 is 1.41 bits per heavy atom. The first-order valence-corrected chi connectivity index (χ1v) is 5.90. The molecule has 0 radical (unpaired) electrons. The van der Waals surface area contributed by atoms with E-state index in [2.05, 4.69) is 0 Å². The topological polar surface area (TPSA) is 40.5 Å². The van der Waals surface area contributed by atoms with Crippen LogP contribution in [0.25, 0.3) is 0 Å². The summed E-state index contributed by atoms with van der Waals surface area (Å²) in [6.07, 6.45) is 1.90. The molecule has 5 heteroatoms. The van der Waals surface area contributed by atoms with Gasteiger partial charge in [0.1, 0.15) is 11.9 Å². The van der Waals surface area contributed by atoms with Gasteiger partial charge in [0.2, 0.25) is 0 Å². The van der Waals surface area contributed by atoms with Gasteiger partial charge in [0.25, 0.3) is 0 Å². The van der Waals surface area contributed by atoms with Gasteiger partial charge >= 0.3 is 5.97 Å². The number of aliphatic carboxylic acids is 1. The molecule has 17 heavy (non-hydrogen) atoms. The van der Waals surface area contributed by atoms with Crippen molar-refractivity contribution in [3.05, 3.63) is 34.6 Å². The average Bonchev–Trinajstić information content (AvgIpc) is 2.77. The maximum Gasteiger partial charge on any atom is 0.325 e.